The van der Waals surface area contributed by atoms with Crippen LogP contribution in [0, 0.1) is 0 Å². The Balaban J connectivity index is 1.66. The summed E-state index contributed by atoms with van der Waals surface area (Å²) in [6.07, 6.45) is -1.60. The molecular weight excluding hydrogens is 338 g/mol. The number of aliphatic hydroxyl groups is 1. The summed E-state index contributed by atoms with van der Waals surface area (Å²) in [6.45, 7) is -0.461. The van der Waals surface area contributed by atoms with Crippen LogP contribution in [0.1, 0.15) is 11.1 Å². The highest BCUT2D eigenvalue weighted by Gasteiger charge is 2.15. The second-order valence-electron chi connectivity index (χ2n) is 5.42. The van der Waals surface area contributed by atoms with E-state index in [9.17, 15) is 14.7 Å². The summed E-state index contributed by atoms with van der Waals surface area (Å²) in [5.74, 6) is 0. The molecule has 0 bridgehead atoms. The van der Waals surface area contributed by atoms with Gasteiger partial charge in [0.15, 0.2) is 0 Å². The van der Waals surface area contributed by atoms with Gasteiger partial charge >= 0.3 is 12.2 Å². The van der Waals surface area contributed by atoms with Crippen molar-refractivity contribution in [1.82, 2.24) is 5.32 Å². The minimum absolute atomic E-state index is 0.0794. The van der Waals surface area contributed by atoms with Crippen LogP contribution in [0.25, 0.3) is 0 Å². The Kier molecular flexibility index (Phi) is 7.95. The molecular formula is C19H21NO6. The summed E-state index contributed by atoms with van der Waals surface area (Å²) in [5, 5.41) is 11.7. The lowest BCUT2D eigenvalue weighted by atomic mass is 10.2. The van der Waals surface area contributed by atoms with Crippen molar-refractivity contribution in [1.29, 1.82) is 0 Å². The van der Waals surface area contributed by atoms with E-state index in [2.05, 4.69) is 5.32 Å². The van der Waals surface area contributed by atoms with Crippen molar-refractivity contribution >= 4 is 12.2 Å². The predicted molar refractivity (Wildman–Crippen MR) is 93.2 cm³/mol. The average Bonchev–Trinajstić information content (AvgIpc) is 2.69. The largest absolute Gasteiger partial charge is 0.508 e. The monoisotopic (exact) mass is 359 g/mol. The van der Waals surface area contributed by atoms with Crippen LogP contribution in [0.4, 0.5) is 9.59 Å². The maximum Gasteiger partial charge on any atom is 0.508 e. The van der Waals surface area contributed by atoms with Gasteiger partial charge in [-0.1, -0.05) is 60.7 Å². The quantitative estimate of drug-likeness (QED) is 0.704. The van der Waals surface area contributed by atoms with Crippen LogP contribution in [0.3, 0.4) is 0 Å². The molecule has 0 saturated carbocycles. The van der Waals surface area contributed by atoms with E-state index in [-0.39, 0.29) is 19.8 Å². The van der Waals surface area contributed by atoms with E-state index in [0.29, 0.717) is 0 Å². The fourth-order valence-electron chi connectivity index (χ4n) is 2.00. The number of carbonyl (C=O) groups is 2. The Hall–Kier alpha value is -3.06. The lowest BCUT2D eigenvalue weighted by Crippen LogP contribution is -2.41. The molecule has 0 aliphatic carbocycles. The number of amides is 1. The molecule has 0 aliphatic rings. The van der Waals surface area contributed by atoms with Gasteiger partial charge in [0.25, 0.3) is 0 Å². The molecule has 26 heavy (non-hydrogen) atoms. The van der Waals surface area contributed by atoms with Crippen molar-refractivity contribution in [3.63, 3.8) is 0 Å². The van der Waals surface area contributed by atoms with Crippen LogP contribution in [0.2, 0.25) is 0 Å². The molecule has 1 atom stereocenters. The van der Waals surface area contributed by atoms with E-state index < -0.39 is 24.9 Å². The molecule has 0 saturated heterocycles. The summed E-state index contributed by atoms with van der Waals surface area (Å²) < 4.78 is 14.9. The van der Waals surface area contributed by atoms with Crippen molar-refractivity contribution < 1.29 is 28.9 Å². The molecule has 0 fully saturated rings. The first-order valence-corrected chi connectivity index (χ1v) is 8.09. The van der Waals surface area contributed by atoms with E-state index in [0.717, 1.165) is 11.1 Å². The molecule has 7 nitrogen and oxygen atoms in total. The third-order valence-corrected chi connectivity index (χ3v) is 3.36. The highest BCUT2D eigenvalue weighted by molar-refractivity contribution is 5.67. The van der Waals surface area contributed by atoms with Crippen LogP contribution in [0.5, 0.6) is 0 Å². The normalized spacial score (nSPS) is 11.3. The van der Waals surface area contributed by atoms with E-state index in [4.69, 9.17) is 14.2 Å². The molecule has 2 aromatic carbocycles. The molecule has 0 aliphatic heterocycles. The fourth-order valence-corrected chi connectivity index (χ4v) is 2.00. The SMILES string of the molecule is O=C(NC(CO)COC(=O)OCc1ccccc1)OCc1ccccc1. The van der Waals surface area contributed by atoms with Gasteiger partial charge in [0.05, 0.1) is 12.6 Å². The molecule has 2 N–H and O–H groups in total. The number of nitrogens with one attached hydrogen (secondary N) is 1. The van der Waals surface area contributed by atoms with Gasteiger partial charge in [0.1, 0.15) is 19.8 Å². The highest BCUT2D eigenvalue weighted by Crippen LogP contribution is 2.03. The van der Waals surface area contributed by atoms with Crippen LogP contribution in [0.15, 0.2) is 60.7 Å². The zero-order valence-electron chi connectivity index (χ0n) is 14.2. The number of ether oxygens (including phenoxy) is 3. The molecule has 2 rings (SSSR count). The summed E-state index contributed by atoms with van der Waals surface area (Å²) >= 11 is 0. The fraction of sp³-hybridized carbons (Fsp3) is 0.263. The Morgan fingerprint density at radius 2 is 1.38 bits per heavy atom. The second-order valence-corrected chi connectivity index (χ2v) is 5.42. The number of alkyl carbamates (subject to hydrolysis) is 1. The zero-order valence-corrected chi connectivity index (χ0v) is 14.2. The summed E-state index contributed by atoms with van der Waals surface area (Å²) in [7, 11) is 0. The molecule has 1 unspecified atom stereocenters. The number of benzene rings is 2. The molecule has 0 heterocycles. The molecule has 138 valence electrons. The van der Waals surface area contributed by atoms with Gasteiger partial charge < -0.3 is 24.6 Å². The van der Waals surface area contributed by atoms with Gasteiger partial charge in [-0.25, -0.2) is 9.59 Å². The smallest absolute Gasteiger partial charge is 0.445 e. The van der Waals surface area contributed by atoms with Gasteiger partial charge in [-0.2, -0.15) is 0 Å². The Morgan fingerprint density at radius 1 is 0.846 bits per heavy atom. The standard InChI is InChI=1S/C19H21NO6/c21-11-17(20-18(22)24-12-15-7-3-1-4-8-15)14-26-19(23)25-13-16-9-5-2-6-10-16/h1-10,17,21H,11-14H2,(H,20,22). The maximum atomic E-state index is 11.7. The minimum Gasteiger partial charge on any atom is -0.445 e. The van der Waals surface area contributed by atoms with Crippen LogP contribution >= 0.6 is 0 Å². The molecule has 1 amide bonds. The lowest BCUT2D eigenvalue weighted by Gasteiger charge is -2.16. The van der Waals surface area contributed by atoms with Crippen molar-refractivity contribution in [3.05, 3.63) is 71.8 Å². The summed E-state index contributed by atoms with van der Waals surface area (Å²) in [6, 6.07) is 17.5. The average molecular weight is 359 g/mol. The molecule has 0 spiro atoms. The number of hydrogen-bond donors (Lipinski definition) is 2. The van der Waals surface area contributed by atoms with Crippen molar-refractivity contribution in [2.24, 2.45) is 0 Å². The third kappa shape index (κ3) is 7.23. The van der Waals surface area contributed by atoms with Gasteiger partial charge in [-0.05, 0) is 11.1 Å². The lowest BCUT2D eigenvalue weighted by molar-refractivity contribution is 0.0366. The van der Waals surface area contributed by atoms with Crippen LogP contribution in [-0.4, -0.2) is 36.6 Å². The van der Waals surface area contributed by atoms with E-state index in [1.807, 2.05) is 60.7 Å². The molecule has 0 aromatic heterocycles. The zero-order chi connectivity index (χ0) is 18.6. The predicted octanol–water partition coefficient (Wildman–Crippen LogP) is 2.63. The number of aliphatic hydroxyl groups excluding tert-OH is 1. The van der Waals surface area contributed by atoms with Crippen molar-refractivity contribution in [2.75, 3.05) is 13.2 Å². The minimum atomic E-state index is -0.883. The summed E-state index contributed by atoms with van der Waals surface area (Å²) in [5.41, 5.74) is 1.66. The topological polar surface area (TPSA) is 94.1 Å². The summed E-state index contributed by atoms with van der Waals surface area (Å²) in [4.78, 5) is 23.3. The van der Waals surface area contributed by atoms with E-state index >= 15 is 0 Å². The Morgan fingerprint density at radius 3 is 1.92 bits per heavy atom. The van der Waals surface area contributed by atoms with Gasteiger partial charge in [-0.15, -0.1) is 0 Å². The number of carbonyl (C=O) groups excluding carboxylic acids is 2. The molecule has 0 radical (unpaired) electrons. The van der Waals surface area contributed by atoms with E-state index in [1.54, 1.807) is 0 Å². The van der Waals surface area contributed by atoms with Crippen LogP contribution in [-0.2, 0) is 27.4 Å². The first-order chi connectivity index (χ1) is 12.7. The first-order valence-electron chi connectivity index (χ1n) is 8.09. The Labute approximate surface area is 151 Å². The van der Waals surface area contributed by atoms with Gasteiger partial charge in [0, 0.05) is 0 Å². The molecule has 2 aromatic rings. The third-order valence-electron chi connectivity index (χ3n) is 3.36. The van der Waals surface area contributed by atoms with E-state index in [1.165, 1.54) is 0 Å². The van der Waals surface area contributed by atoms with Crippen molar-refractivity contribution in [3.8, 4) is 0 Å². The number of hydrogen-bond acceptors (Lipinski definition) is 6. The van der Waals surface area contributed by atoms with Gasteiger partial charge in [0.2, 0.25) is 0 Å². The first kappa shape index (κ1) is 19.3. The second kappa shape index (κ2) is 10.7. The van der Waals surface area contributed by atoms with Crippen LogP contribution < -0.4 is 5.32 Å². The highest BCUT2D eigenvalue weighted by atomic mass is 16.7. The Bertz CT molecular complexity index is 677. The molecule has 7 heteroatoms. The van der Waals surface area contributed by atoms with Gasteiger partial charge in [-0.3, -0.25) is 0 Å². The van der Waals surface area contributed by atoms with Crippen molar-refractivity contribution in [2.45, 2.75) is 19.3 Å². The number of rotatable bonds is 8. The maximum absolute atomic E-state index is 11.7.